The first-order chi connectivity index (χ1) is 12.9. The number of halogens is 2. The molecule has 4 nitrogen and oxygen atoms in total. The zero-order valence-corrected chi connectivity index (χ0v) is 16.7. The normalized spacial score (nSPS) is 10.7. The monoisotopic (exact) mass is 402 g/mol. The molecule has 0 amide bonds. The third-order valence-corrected chi connectivity index (χ3v) is 4.71. The highest BCUT2D eigenvalue weighted by Crippen LogP contribution is 2.20. The second kappa shape index (κ2) is 8.50. The van der Waals surface area contributed by atoms with E-state index in [-0.39, 0.29) is 5.82 Å². The van der Waals surface area contributed by atoms with Gasteiger partial charge in [-0.2, -0.15) is 5.10 Å². The number of anilines is 1. The van der Waals surface area contributed by atoms with E-state index in [9.17, 15) is 4.39 Å². The Balaban J connectivity index is 1.65. The third-order valence-electron chi connectivity index (χ3n) is 4.21. The maximum absolute atomic E-state index is 13.4. The van der Waals surface area contributed by atoms with Crippen LogP contribution < -0.4 is 10.6 Å². The Bertz CT molecular complexity index is 953. The molecule has 3 aromatic rings. The minimum Gasteiger partial charge on any atom is -0.358 e. The van der Waals surface area contributed by atoms with Crippen molar-refractivity contribution in [3.05, 3.63) is 81.9 Å². The van der Waals surface area contributed by atoms with Crippen LogP contribution in [0.3, 0.4) is 0 Å². The van der Waals surface area contributed by atoms with Crippen molar-refractivity contribution >= 4 is 34.6 Å². The molecule has 2 aromatic carbocycles. The molecule has 0 aliphatic heterocycles. The van der Waals surface area contributed by atoms with Gasteiger partial charge in [-0.25, -0.2) is 4.39 Å². The molecule has 0 aliphatic rings. The van der Waals surface area contributed by atoms with Crippen molar-refractivity contribution in [2.24, 2.45) is 0 Å². The molecule has 0 bridgehead atoms. The average Bonchev–Trinajstić information content (AvgIpc) is 2.89. The van der Waals surface area contributed by atoms with Crippen molar-refractivity contribution in [3.8, 4) is 0 Å². The summed E-state index contributed by atoms with van der Waals surface area (Å²) in [7, 11) is 0. The number of hydrogen-bond acceptors (Lipinski definition) is 2. The summed E-state index contributed by atoms with van der Waals surface area (Å²) in [4.78, 5) is 0. The molecule has 27 heavy (non-hydrogen) atoms. The smallest absolute Gasteiger partial charge is 0.171 e. The number of thiocarbonyl (C=S) groups is 1. The first-order valence-electron chi connectivity index (χ1n) is 8.50. The molecule has 0 fully saturated rings. The quantitative estimate of drug-likeness (QED) is 0.600. The van der Waals surface area contributed by atoms with E-state index in [4.69, 9.17) is 23.8 Å². The van der Waals surface area contributed by atoms with Crippen molar-refractivity contribution in [1.29, 1.82) is 0 Å². The molecule has 0 aliphatic carbocycles. The highest BCUT2D eigenvalue weighted by molar-refractivity contribution is 7.80. The first kappa shape index (κ1) is 19.3. The zero-order chi connectivity index (χ0) is 19.4. The molecule has 1 heterocycles. The molecule has 0 atom stereocenters. The van der Waals surface area contributed by atoms with Gasteiger partial charge in [0.05, 0.1) is 23.6 Å². The SMILES string of the molecule is Cc1nn(Cc2cccc(F)c2)c(C)c1NC(=S)NCc1ccc(Cl)cc1. The van der Waals surface area contributed by atoms with Crippen molar-refractivity contribution < 1.29 is 4.39 Å². The predicted octanol–water partition coefficient (Wildman–Crippen LogP) is 4.83. The fraction of sp³-hybridized carbons (Fsp3) is 0.200. The van der Waals surface area contributed by atoms with Gasteiger partial charge in [0.1, 0.15) is 5.82 Å². The molecule has 0 unspecified atom stereocenters. The van der Waals surface area contributed by atoms with Gasteiger partial charge in [0.25, 0.3) is 0 Å². The van der Waals surface area contributed by atoms with Crippen LogP contribution >= 0.6 is 23.8 Å². The summed E-state index contributed by atoms with van der Waals surface area (Å²) in [6, 6.07) is 14.1. The van der Waals surface area contributed by atoms with Gasteiger partial charge in [-0.1, -0.05) is 35.9 Å². The second-order valence-corrected chi connectivity index (χ2v) is 7.11. The van der Waals surface area contributed by atoms with E-state index in [1.165, 1.54) is 12.1 Å². The lowest BCUT2D eigenvalue weighted by atomic mass is 10.2. The van der Waals surface area contributed by atoms with Crippen molar-refractivity contribution in [3.63, 3.8) is 0 Å². The van der Waals surface area contributed by atoms with Crippen LogP contribution in [0.4, 0.5) is 10.1 Å². The Morgan fingerprint density at radius 2 is 1.89 bits per heavy atom. The van der Waals surface area contributed by atoms with Crippen LogP contribution in [0.1, 0.15) is 22.5 Å². The zero-order valence-electron chi connectivity index (χ0n) is 15.1. The van der Waals surface area contributed by atoms with Crippen LogP contribution in [0.5, 0.6) is 0 Å². The molecular weight excluding hydrogens is 383 g/mol. The maximum Gasteiger partial charge on any atom is 0.171 e. The fourth-order valence-corrected chi connectivity index (χ4v) is 3.08. The Morgan fingerprint density at radius 3 is 2.59 bits per heavy atom. The average molecular weight is 403 g/mol. The summed E-state index contributed by atoms with van der Waals surface area (Å²) < 4.78 is 15.2. The predicted molar refractivity (Wildman–Crippen MR) is 112 cm³/mol. The number of aromatic nitrogens is 2. The van der Waals surface area contributed by atoms with Gasteiger partial charge in [0.15, 0.2) is 5.11 Å². The first-order valence-corrected chi connectivity index (χ1v) is 9.29. The Labute approximate surface area is 168 Å². The van der Waals surface area contributed by atoms with E-state index in [1.54, 1.807) is 6.07 Å². The lowest BCUT2D eigenvalue weighted by molar-refractivity contribution is 0.616. The molecular formula is C20H20ClFN4S. The third kappa shape index (κ3) is 5.05. The molecule has 0 saturated carbocycles. The van der Waals surface area contributed by atoms with E-state index < -0.39 is 0 Å². The topological polar surface area (TPSA) is 41.9 Å². The van der Waals surface area contributed by atoms with Crippen molar-refractivity contribution in [1.82, 2.24) is 15.1 Å². The molecule has 7 heteroatoms. The summed E-state index contributed by atoms with van der Waals surface area (Å²) in [6.07, 6.45) is 0. The molecule has 0 saturated heterocycles. The largest absolute Gasteiger partial charge is 0.358 e. The highest BCUT2D eigenvalue weighted by atomic mass is 35.5. The van der Waals surface area contributed by atoms with Crippen molar-refractivity contribution in [2.45, 2.75) is 26.9 Å². The summed E-state index contributed by atoms with van der Waals surface area (Å²) in [6.45, 7) is 4.97. The Morgan fingerprint density at radius 1 is 1.15 bits per heavy atom. The number of nitrogens with one attached hydrogen (secondary N) is 2. The van der Waals surface area contributed by atoms with Gasteiger partial charge < -0.3 is 10.6 Å². The summed E-state index contributed by atoms with van der Waals surface area (Å²) in [5.41, 5.74) is 4.57. The Kier molecular flexibility index (Phi) is 6.08. The van der Waals surface area contributed by atoms with Gasteiger partial charge in [-0.3, -0.25) is 4.68 Å². The van der Waals surface area contributed by atoms with Gasteiger partial charge in [-0.15, -0.1) is 0 Å². The molecule has 0 radical (unpaired) electrons. The summed E-state index contributed by atoms with van der Waals surface area (Å²) >= 11 is 11.3. The lowest BCUT2D eigenvalue weighted by Crippen LogP contribution is -2.28. The van der Waals surface area contributed by atoms with Gasteiger partial charge >= 0.3 is 0 Å². The van der Waals surface area contributed by atoms with E-state index in [0.717, 1.165) is 28.2 Å². The van der Waals surface area contributed by atoms with Gasteiger partial charge in [-0.05, 0) is 61.5 Å². The van der Waals surface area contributed by atoms with Crippen LogP contribution in [-0.2, 0) is 13.1 Å². The van der Waals surface area contributed by atoms with Crippen LogP contribution in [-0.4, -0.2) is 14.9 Å². The fourth-order valence-electron chi connectivity index (χ4n) is 2.78. The van der Waals surface area contributed by atoms with Crippen LogP contribution in [0.2, 0.25) is 5.02 Å². The molecule has 140 valence electrons. The van der Waals surface area contributed by atoms with Gasteiger partial charge in [0, 0.05) is 11.6 Å². The second-order valence-electron chi connectivity index (χ2n) is 6.27. The molecule has 3 rings (SSSR count). The van der Waals surface area contributed by atoms with E-state index >= 15 is 0 Å². The Hall–Kier alpha value is -2.44. The number of aryl methyl sites for hydroxylation is 1. The molecule has 1 aromatic heterocycles. The van der Waals surface area contributed by atoms with E-state index in [1.807, 2.05) is 48.9 Å². The van der Waals surface area contributed by atoms with E-state index in [0.29, 0.717) is 23.2 Å². The van der Waals surface area contributed by atoms with E-state index in [2.05, 4.69) is 15.7 Å². The maximum atomic E-state index is 13.4. The van der Waals surface area contributed by atoms with Crippen LogP contribution in [0, 0.1) is 19.7 Å². The minimum atomic E-state index is -0.250. The van der Waals surface area contributed by atoms with Crippen LogP contribution in [0.25, 0.3) is 0 Å². The number of hydrogen-bond donors (Lipinski definition) is 2. The van der Waals surface area contributed by atoms with Crippen molar-refractivity contribution in [2.75, 3.05) is 5.32 Å². The standard InChI is InChI=1S/C20H20ClFN4S/c1-13-19(24-20(27)23-11-15-6-8-17(21)9-7-15)14(2)26(25-13)12-16-4-3-5-18(22)10-16/h3-10H,11-12H2,1-2H3,(H2,23,24,27). The highest BCUT2D eigenvalue weighted by Gasteiger charge is 2.13. The number of nitrogens with zero attached hydrogens (tertiary/aromatic N) is 2. The lowest BCUT2D eigenvalue weighted by Gasteiger charge is -2.11. The molecule has 0 spiro atoms. The van der Waals surface area contributed by atoms with Gasteiger partial charge in [0.2, 0.25) is 0 Å². The number of rotatable bonds is 5. The molecule has 2 N–H and O–H groups in total. The van der Waals surface area contributed by atoms with Crippen LogP contribution in [0.15, 0.2) is 48.5 Å². The summed E-state index contributed by atoms with van der Waals surface area (Å²) in [5, 5.41) is 12.2. The minimum absolute atomic E-state index is 0.250. The summed E-state index contributed by atoms with van der Waals surface area (Å²) in [5.74, 6) is -0.250. The number of benzene rings is 2.